The van der Waals surface area contributed by atoms with Crippen molar-refractivity contribution in [3.63, 3.8) is 0 Å². The molecule has 2 nitrogen and oxygen atoms in total. The first-order valence-electron chi connectivity index (χ1n) is 7.03. The van der Waals surface area contributed by atoms with Gasteiger partial charge in [-0.3, -0.25) is 0 Å². The number of nitrogens with zero attached hydrogens (tertiary/aromatic N) is 1. The molecule has 2 heteroatoms. The van der Waals surface area contributed by atoms with Gasteiger partial charge >= 0.3 is 0 Å². The van der Waals surface area contributed by atoms with E-state index in [4.69, 9.17) is 11.0 Å². The van der Waals surface area contributed by atoms with E-state index in [9.17, 15) is 0 Å². The quantitative estimate of drug-likeness (QED) is 0.866. The summed E-state index contributed by atoms with van der Waals surface area (Å²) in [5.41, 5.74) is 8.68. The van der Waals surface area contributed by atoms with Gasteiger partial charge in [0.25, 0.3) is 0 Å². The van der Waals surface area contributed by atoms with Crippen molar-refractivity contribution < 1.29 is 0 Å². The van der Waals surface area contributed by atoms with Crippen LogP contribution in [0.4, 0.5) is 0 Å². The third kappa shape index (κ3) is 3.34. The van der Waals surface area contributed by atoms with Gasteiger partial charge in [-0.05, 0) is 36.3 Å². The summed E-state index contributed by atoms with van der Waals surface area (Å²) < 4.78 is 0. The summed E-state index contributed by atoms with van der Waals surface area (Å²) in [6, 6.07) is 10.9. The first-order valence-corrected chi connectivity index (χ1v) is 7.03. The second kappa shape index (κ2) is 6.56. The number of nitrogens with two attached hydrogens (primary N) is 1. The van der Waals surface area contributed by atoms with Crippen LogP contribution in [0.5, 0.6) is 0 Å². The fourth-order valence-corrected chi connectivity index (χ4v) is 2.84. The number of rotatable bonds is 4. The van der Waals surface area contributed by atoms with Crippen LogP contribution in [0.1, 0.15) is 68.0 Å². The summed E-state index contributed by atoms with van der Waals surface area (Å²) in [4.78, 5) is 0. The number of hydrogen-bond donors (Lipinski definition) is 1. The van der Waals surface area contributed by atoms with Crippen LogP contribution in [0.2, 0.25) is 0 Å². The molecular formula is C16H22N2. The zero-order valence-corrected chi connectivity index (χ0v) is 10.9. The molecule has 1 atom stereocenters. The standard InChI is InChI=1S/C16H22N2/c17-12-4-7-16(18)15-10-8-14(9-11-15)13-5-2-1-3-6-13/h8-11,13,16H,1-7,18H2. The molecule has 1 fully saturated rings. The zero-order chi connectivity index (χ0) is 12.8. The minimum absolute atomic E-state index is 0.00468. The van der Waals surface area contributed by atoms with Crippen LogP contribution in [-0.4, -0.2) is 0 Å². The largest absolute Gasteiger partial charge is 0.324 e. The molecule has 2 rings (SSSR count). The molecule has 1 unspecified atom stereocenters. The Morgan fingerprint density at radius 3 is 2.44 bits per heavy atom. The van der Waals surface area contributed by atoms with E-state index in [1.807, 2.05) is 0 Å². The van der Waals surface area contributed by atoms with E-state index in [1.165, 1.54) is 37.7 Å². The molecule has 0 spiro atoms. The molecule has 96 valence electrons. The maximum Gasteiger partial charge on any atom is 0.0622 e. The molecule has 2 N–H and O–H groups in total. The molecule has 0 heterocycles. The zero-order valence-electron chi connectivity index (χ0n) is 10.9. The molecule has 1 aliphatic rings. The van der Waals surface area contributed by atoms with E-state index in [-0.39, 0.29) is 6.04 Å². The average molecular weight is 242 g/mol. The minimum atomic E-state index is 0.00468. The maximum absolute atomic E-state index is 8.57. The van der Waals surface area contributed by atoms with Gasteiger partial charge < -0.3 is 5.73 Å². The molecule has 0 amide bonds. The van der Waals surface area contributed by atoms with Crippen LogP contribution in [0.25, 0.3) is 0 Å². The number of nitriles is 1. The SMILES string of the molecule is N#CCCC(N)c1ccc(C2CCCCC2)cc1. The van der Waals surface area contributed by atoms with E-state index in [2.05, 4.69) is 30.3 Å². The molecule has 0 aromatic heterocycles. The normalized spacial score (nSPS) is 18.2. The van der Waals surface area contributed by atoms with Gasteiger partial charge in [-0.2, -0.15) is 5.26 Å². The summed E-state index contributed by atoms with van der Waals surface area (Å²) in [5.74, 6) is 0.753. The van der Waals surface area contributed by atoms with Crippen molar-refractivity contribution >= 4 is 0 Å². The highest BCUT2D eigenvalue weighted by atomic mass is 14.6. The Morgan fingerprint density at radius 1 is 1.17 bits per heavy atom. The molecule has 0 bridgehead atoms. The summed E-state index contributed by atoms with van der Waals surface area (Å²) in [5, 5.41) is 8.57. The molecular weight excluding hydrogens is 220 g/mol. The van der Waals surface area contributed by atoms with Crippen LogP contribution in [0.3, 0.4) is 0 Å². The molecule has 0 radical (unpaired) electrons. The van der Waals surface area contributed by atoms with Gasteiger partial charge in [-0.1, -0.05) is 43.5 Å². The lowest BCUT2D eigenvalue weighted by atomic mass is 9.83. The second-order valence-corrected chi connectivity index (χ2v) is 5.30. The van der Waals surface area contributed by atoms with Crippen LogP contribution in [0, 0.1) is 11.3 Å². The van der Waals surface area contributed by atoms with Crippen molar-refractivity contribution in [2.24, 2.45) is 5.73 Å². The minimum Gasteiger partial charge on any atom is -0.324 e. The van der Waals surface area contributed by atoms with E-state index in [0.717, 1.165) is 17.9 Å². The third-order valence-electron chi connectivity index (χ3n) is 4.01. The monoisotopic (exact) mass is 242 g/mol. The Balaban J connectivity index is 1.98. The fraction of sp³-hybridized carbons (Fsp3) is 0.562. The Bertz CT molecular complexity index is 396. The first kappa shape index (κ1) is 13.1. The van der Waals surface area contributed by atoms with Gasteiger partial charge in [0.2, 0.25) is 0 Å². The Labute approximate surface area is 110 Å². The fourth-order valence-electron chi connectivity index (χ4n) is 2.84. The molecule has 1 aromatic carbocycles. The van der Waals surface area contributed by atoms with Crippen LogP contribution in [0.15, 0.2) is 24.3 Å². The summed E-state index contributed by atoms with van der Waals surface area (Å²) in [6.07, 6.45) is 8.08. The highest BCUT2D eigenvalue weighted by Gasteiger charge is 2.15. The van der Waals surface area contributed by atoms with E-state index < -0.39 is 0 Å². The number of benzene rings is 1. The summed E-state index contributed by atoms with van der Waals surface area (Å²) >= 11 is 0. The van der Waals surface area contributed by atoms with Crippen molar-refractivity contribution in [1.29, 1.82) is 5.26 Å². The predicted octanol–water partition coefficient (Wildman–Crippen LogP) is 4.04. The second-order valence-electron chi connectivity index (χ2n) is 5.30. The lowest BCUT2D eigenvalue weighted by molar-refractivity contribution is 0.443. The lowest BCUT2D eigenvalue weighted by Crippen LogP contribution is -2.10. The molecule has 1 aliphatic carbocycles. The molecule has 0 aliphatic heterocycles. The van der Waals surface area contributed by atoms with E-state index in [0.29, 0.717) is 6.42 Å². The Kier molecular flexibility index (Phi) is 4.78. The van der Waals surface area contributed by atoms with Crippen LogP contribution < -0.4 is 5.73 Å². The van der Waals surface area contributed by atoms with Gasteiger partial charge in [0.05, 0.1) is 6.07 Å². The van der Waals surface area contributed by atoms with Crippen molar-refractivity contribution in [1.82, 2.24) is 0 Å². The van der Waals surface area contributed by atoms with Crippen molar-refractivity contribution in [3.8, 4) is 6.07 Å². The summed E-state index contributed by atoms with van der Waals surface area (Å²) in [6.45, 7) is 0. The first-order chi connectivity index (χ1) is 8.81. The van der Waals surface area contributed by atoms with Gasteiger partial charge in [0.15, 0.2) is 0 Å². The Morgan fingerprint density at radius 2 is 1.83 bits per heavy atom. The van der Waals surface area contributed by atoms with Gasteiger partial charge in [0.1, 0.15) is 0 Å². The van der Waals surface area contributed by atoms with Gasteiger partial charge in [-0.15, -0.1) is 0 Å². The van der Waals surface area contributed by atoms with Crippen molar-refractivity contribution in [2.75, 3.05) is 0 Å². The summed E-state index contributed by atoms with van der Waals surface area (Å²) in [7, 11) is 0. The molecule has 1 saturated carbocycles. The Hall–Kier alpha value is -1.33. The van der Waals surface area contributed by atoms with Gasteiger partial charge in [0, 0.05) is 12.5 Å². The lowest BCUT2D eigenvalue weighted by Gasteiger charge is -2.22. The maximum atomic E-state index is 8.57. The van der Waals surface area contributed by atoms with Crippen LogP contribution in [-0.2, 0) is 0 Å². The molecule has 18 heavy (non-hydrogen) atoms. The average Bonchev–Trinajstić information content (AvgIpc) is 2.46. The van der Waals surface area contributed by atoms with E-state index in [1.54, 1.807) is 0 Å². The predicted molar refractivity (Wildman–Crippen MR) is 74.0 cm³/mol. The highest BCUT2D eigenvalue weighted by molar-refractivity contribution is 5.27. The smallest absolute Gasteiger partial charge is 0.0622 e. The van der Waals surface area contributed by atoms with Gasteiger partial charge in [-0.25, -0.2) is 0 Å². The third-order valence-corrected chi connectivity index (χ3v) is 4.01. The molecule has 1 aromatic rings. The topological polar surface area (TPSA) is 49.8 Å². The van der Waals surface area contributed by atoms with Crippen LogP contribution >= 0.6 is 0 Å². The van der Waals surface area contributed by atoms with Crippen molar-refractivity contribution in [3.05, 3.63) is 35.4 Å². The molecule has 0 saturated heterocycles. The number of hydrogen-bond acceptors (Lipinski definition) is 2. The highest BCUT2D eigenvalue weighted by Crippen LogP contribution is 2.33. The van der Waals surface area contributed by atoms with Crippen molar-refractivity contribution in [2.45, 2.75) is 56.9 Å². The van der Waals surface area contributed by atoms with E-state index >= 15 is 0 Å².